The van der Waals surface area contributed by atoms with Crippen LogP contribution in [0.4, 0.5) is 0 Å². The summed E-state index contributed by atoms with van der Waals surface area (Å²) >= 11 is 0. The van der Waals surface area contributed by atoms with Gasteiger partial charge < -0.3 is 5.11 Å². The van der Waals surface area contributed by atoms with Crippen molar-refractivity contribution in [1.82, 2.24) is 0 Å². The molecule has 2 N–H and O–H groups in total. The van der Waals surface area contributed by atoms with Gasteiger partial charge in [-0.1, -0.05) is 30.3 Å². The second-order valence-corrected chi connectivity index (χ2v) is 3.17. The Kier molecular flexibility index (Phi) is 4.12. The highest BCUT2D eigenvalue weighted by Crippen LogP contribution is 2.03. The third kappa shape index (κ3) is 3.15. The highest BCUT2D eigenvalue weighted by Gasteiger charge is 2.30. The van der Waals surface area contributed by atoms with Crippen LogP contribution >= 0.6 is 0 Å². The van der Waals surface area contributed by atoms with Crippen LogP contribution in [0.3, 0.4) is 0 Å². The number of ketones is 1. The number of carbonyl (C=O) groups is 2. The smallest absolute Gasteiger partial charge is 0.472 e. The zero-order chi connectivity index (χ0) is 12.0. The molecule has 0 atom stereocenters. The fourth-order valence-electron chi connectivity index (χ4n) is 1.25. The van der Waals surface area contributed by atoms with Gasteiger partial charge in [-0.3, -0.25) is 4.79 Å². The molecule has 16 heavy (non-hydrogen) atoms. The lowest BCUT2D eigenvalue weighted by Gasteiger charge is -1.96. The first-order chi connectivity index (χ1) is 7.65. The van der Waals surface area contributed by atoms with E-state index in [0.29, 0.717) is 6.42 Å². The number of carboxylic acids is 1. The van der Waals surface area contributed by atoms with Crippen LogP contribution in [-0.2, 0) is 16.0 Å². The summed E-state index contributed by atoms with van der Waals surface area (Å²) in [6, 6.07) is 9.25. The zero-order valence-electron chi connectivity index (χ0n) is 8.51. The predicted molar refractivity (Wildman–Crippen MR) is 55.4 cm³/mol. The molecule has 0 saturated heterocycles. The highest BCUT2D eigenvalue weighted by molar-refractivity contribution is 6.61. The molecule has 0 aromatic heterocycles. The Morgan fingerprint density at radius 1 is 1.25 bits per heavy atom. The number of hydrogen-bond acceptors (Lipinski definition) is 3. The summed E-state index contributed by atoms with van der Waals surface area (Å²) in [5, 5.41) is 8.57. The summed E-state index contributed by atoms with van der Waals surface area (Å²) < 4.78 is 0. The van der Waals surface area contributed by atoms with Crippen molar-refractivity contribution in [3.05, 3.63) is 35.9 Å². The van der Waals surface area contributed by atoms with Gasteiger partial charge in [0, 0.05) is 6.42 Å². The Bertz CT molecular complexity index is 448. The van der Waals surface area contributed by atoms with Crippen molar-refractivity contribution in [2.24, 2.45) is 0 Å². The van der Waals surface area contributed by atoms with Crippen molar-refractivity contribution in [3.8, 4) is 0 Å². The van der Waals surface area contributed by atoms with Crippen LogP contribution in [0.1, 0.15) is 12.0 Å². The standard InChI is InChI=1S/C11H10N2O3/c12-13-10(11(15)16)9(14)7-6-8-4-2-1-3-5-8/h1-5,12H,6-7H2/p+1. The lowest BCUT2D eigenvalue weighted by atomic mass is 10.1. The molecule has 0 aliphatic rings. The molecule has 1 rings (SSSR count). The van der Waals surface area contributed by atoms with E-state index in [1.807, 2.05) is 30.3 Å². The molecule has 0 spiro atoms. The van der Waals surface area contributed by atoms with Crippen molar-refractivity contribution in [2.45, 2.75) is 12.8 Å². The van der Waals surface area contributed by atoms with Gasteiger partial charge in [0.25, 0.3) is 5.78 Å². The van der Waals surface area contributed by atoms with Gasteiger partial charge in [0.15, 0.2) is 0 Å². The minimum Gasteiger partial charge on any atom is -0.472 e. The number of Topliss-reactive ketones (excluding diaryl/α,β-unsaturated/α-hetero) is 1. The second-order valence-electron chi connectivity index (χ2n) is 3.17. The third-order valence-corrected chi connectivity index (χ3v) is 2.06. The van der Waals surface area contributed by atoms with E-state index >= 15 is 0 Å². The van der Waals surface area contributed by atoms with Crippen molar-refractivity contribution < 1.29 is 19.5 Å². The molecule has 0 saturated carbocycles. The van der Waals surface area contributed by atoms with Crippen LogP contribution in [0.15, 0.2) is 30.3 Å². The molecule has 0 aliphatic heterocycles. The second kappa shape index (κ2) is 5.58. The molecule has 0 bridgehead atoms. The Morgan fingerprint density at radius 2 is 1.88 bits per heavy atom. The van der Waals surface area contributed by atoms with Crippen molar-refractivity contribution in [3.63, 3.8) is 0 Å². The molecule has 0 radical (unpaired) electrons. The predicted octanol–water partition coefficient (Wildman–Crippen LogP) is 0.953. The van der Waals surface area contributed by atoms with E-state index in [9.17, 15) is 9.59 Å². The number of rotatable bonds is 5. The van der Waals surface area contributed by atoms with Gasteiger partial charge in [-0.2, -0.15) is 0 Å². The van der Waals surface area contributed by atoms with E-state index in [0.717, 1.165) is 5.56 Å². The quantitative estimate of drug-likeness (QED) is 0.334. The van der Waals surface area contributed by atoms with Crippen LogP contribution in [0.25, 0.3) is 0 Å². The van der Waals surface area contributed by atoms with Gasteiger partial charge in [0.05, 0.1) is 10.3 Å². The SMILES string of the molecule is N=[N+]=C(C(=O)O)C(=O)CCc1ccccc1. The van der Waals surface area contributed by atoms with Crippen LogP contribution in [0.5, 0.6) is 0 Å². The van der Waals surface area contributed by atoms with Gasteiger partial charge in [-0.25, -0.2) is 4.79 Å². The third-order valence-electron chi connectivity index (χ3n) is 2.06. The molecular weight excluding hydrogens is 208 g/mol. The lowest BCUT2D eigenvalue weighted by molar-refractivity contribution is -0.152. The Morgan fingerprint density at radius 3 is 2.38 bits per heavy atom. The molecule has 0 heterocycles. The lowest BCUT2D eigenvalue weighted by Crippen LogP contribution is -2.25. The maximum Gasteiger partial charge on any atom is 0.490 e. The van der Waals surface area contributed by atoms with Gasteiger partial charge in [-0.15, -0.1) is 0 Å². The molecule has 0 amide bonds. The molecular formula is C11H11N2O3+. The molecule has 1 aromatic carbocycles. The van der Waals surface area contributed by atoms with E-state index in [4.69, 9.17) is 10.6 Å². The molecule has 82 valence electrons. The van der Waals surface area contributed by atoms with Crippen LogP contribution in [-0.4, -0.2) is 27.4 Å². The number of aryl methyl sites for hydroxylation is 1. The molecule has 1 aromatic rings. The van der Waals surface area contributed by atoms with Gasteiger partial charge in [-0.05, 0) is 12.0 Å². The number of carboxylic acid groups (broad SMARTS) is 1. The first kappa shape index (κ1) is 11.8. The largest absolute Gasteiger partial charge is 0.490 e. The maximum absolute atomic E-state index is 11.4. The summed E-state index contributed by atoms with van der Waals surface area (Å²) in [6.45, 7) is 0. The molecule has 5 nitrogen and oxygen atoms in total. The summed E-state index contributed by atoms with van der Waals surface area (Å²) in [4.78, 5) is 24.6. The van der Waals surface area contributed by atoms with E-state index in [1.54, 1.807) is 0 Å². The Labute approximate surface area is 92.0 Å². The summed E-state index contributed by atoms with van der Waals surface area (Å²) in [7, 11) is 0. The average Bonchev–Trinajstić information content (AvgIpc) is 2.28. The fraction of sp³-hybridized carbons (Fsp3) is 0.182. The number of benzene rings is 1. The summed E-state index contributed by atoms with van der Waals surface area (Å²) in [5.74, 6) is -2.07. The molecule has 0 aliphatic carbocycles. The van der Waals surface area contributed by atoms with E-state index in [2.05, 4.69) is 4.79 Å². The van der Waals surface area contributed by atoms with Crippen molar-refractivity contribution in [2.75, 3.05) is 0 Å². The maximum atomic E-state index is 11.4. The first-order valence-electron chi connectivity index (χ1n) is 4.70. The van der Waals surface area contributed by atoms with Crippen molar-refractivity contribution in [1.29, 1.82) is 5.53 Å². The highest BCUT2D eigenvalue weighted by atomic mass is 16.4. The van der Waals surface area contributed by atoms with E-state index in [-0.39, 0.29) is 6.42 Å². The van der Waals surface area contributed by atoms with Crippen LogP contribution in [0, 0.1) is 5.53 Å². The van der Waals surface area contributed by atoms with Gasteiger partial charge in [0.2, 0.25) is 0 Å². The minimum absolute atomic E-state index is 0.0496. The number of carbonyl (C=O) groups excluding carboxylic acids is 1. The van der Waals surface area contributed by atoms with Crippen LogP contribution in [0.2, 0.25) is 0 Å². The van der Waals surface area contributed by atoms with Crippen LogP contribution < -0.4 is 0 Å². The number of nitrogens with zero attached hydrogens (tertiary/aromatic N) is 1. The van der Waals surface area contributed by atoms with E-state index < -0.39 is 17.5 Å². The Balaban J connectivity index is 2.60. The molecule has 5 heteroatoms. The monoisotopic (exact) mass is 219 g/mol. The number of nitrogens with one attached hydrogen (secondary N) is 1. The van der Waals surface area contributed by atoms with E-state index in [1.165, 1.54) is 0 Å². The Hall–Kier alpha value is -2.26. The normalized spacial score (nSPS) is 9.25. The number of hydrogen-bond donors (Lipinski definition) is 2. The summed E-state index contributed by atoms with van der Waals surface area (Å²) in [6.07, 6.45) is 0.500. The first-order valence-corrected chi connectivity index (χ1v) is 4.70. The minimum atomic E-state index is -1.45. The zero-order valence-corrected chi connectivity index (χ0v) is 8.51. The summed E-state index contributed by atoms with van der Waals surface area (Å²) in [5.41, 5.74) is 6.83. The molecule has 0 unspecified atom stereocenters. The van der Waals surface area contributed by atoms with Gasteiger partial charge >= 0.3 is 11.7 Å². The number of aliphatic carboxylic acids is 1. The average molecular weight is 219 g/mol. The van der Waals surface area contributed by atoms with Crippen molar-refractivity contribution >= 4 is 17.5 Å². The topological polar surface area (TPSA) is 92.3 Å². The fourth-order valence-corrected chi connectivity index (χ4v) is 1.25. The van der Waals surface area contributed by atoms with Gasteiger partial charge in [0.1, 0.15) is 0 Å². The molecule has 0 fully saturated rings.